The third kappa shape index (κ3) is 1.84. The summed E-state index contributed by atoms with van der Waals surface area (Å²) in [6.45, 7) is 0. The van der Waals surface area contributed by atoms with Crippen molar-refractivity contribution in [2.75, 3.05) is 7.11 Å². The van der Waals surface area contributed by atoms with Crippen LogP contribution in [-0.4, -0.2) is 18.4 Å². The average molecular weight is 205 g/mol. The summed E-state index contributed by atoms with van der Waals surface area (Å²) < 4.78 is 41.8. The minimum absolute atomic E-state index is 0.122. The molecule has 0 radical (unpaired) electrons. The van der Waals surface area contributed by atoms with E-state index in [0.29, 0.717) is 6.07 Å². The monoisotopic (exact) mass is 205 g/mol. The van der Waals surface area contributed by atoms with Crippen LogP contribution >= 0.6 is 0 Å². The van der Waals surface area contributed by atoms with E-state index >= 15 is 0 Å². The number of methoxy groups -OCH3 is 1. The molecule has 14 heavy (non-hydrogen) atoms. The van der Waals surface area contributed by atoms with E-state index < -0.39 is 29.4 Å². The number of halogens is 3. The highest BCUT2D eigenvalue weighted by atomic mass is 19.3. The first-order chi connectivity index (χ1) is 6.60. The Bertz CT molecular complexity index is 355. The van der Waals surface area contributed by atoms with Crippen LogP contribution in [-0.2, 0) is 0 Å². The van der Waals surface area contributed by atoms with Crippen LogP contribution in [0, 0.1) is 5.82 Å². The Kier molecular flexibility index (Phi) is 3.06. The van der Waals surface area contributed by atoms with Crippen molar-refractivity contribution in [3.63, 3.8) is 0 Å². The second-order valence-corrected chi connectivity index (χ2v) is 2.37. The third-order valence-corrected chi connectivity index (χ3v) is 1.53. The van der Waals surface area contributed by atoms with Gasteiger partial charge < -0.3 is 4.74 Å². The number of nitrogens with zero attached hydrogens (tertiary/aromatic N) is 1. The van der Waals surface area contributed by atoms with Crippen LogP contribution in [0.5, 0.6) is 5.88 Å². The van der Waals surface area contributed by atoms with Gasteiger partial charge in [0.05, 0.1) is 7.11 Å². The fourth-order valence-electron chi connectivity index (χ4n) is 0.912. The molecule has 1 aromatic heterocycles. The first kappa shape index (κ1) is 10.5. The molecule has 0 aliphatic heterocycles. The van der Waals surface area contributed by atoms with Crippen LogP contribution in [0.25, 0.3) is 0 Å². The second kappa shape index (κ2) is 4.08. The summed E-state index contributed by atoms with van der Waals surface area (Å²) in [5, 5.41) is 0. The van der Waals surface area contributed by atoms with E-state index in [4.69, 9.17) is 0 Å². The van der Waals surface area contributed by atoms with Gasteiger partial charge in [-0.3, -0.25) is 4.79 Å². The van der Waals surface area contributed by atoms with Crippen molar-refractivity contribution in [1.29, 1.82) is 0 Å². The SMILES string of the molecule is COc1nc(C(F)F)c(C=O)cc1F. The second-order valence-electron chi connectivity index (χ2n) is 2.37. The number of hydrogen-bond acceptors (Lipinski definition) is 3. The van der Waals surface area contributed by atoms with Crippen LogP contribution in [0.2, 0.25) is 0 Å². The van der Waals surface area contributed by atoms with Gasteiger partial charge in [0, 0.05) is 5.56 Å². The number of alkyl halides is 2. The Morgan fingerprint density at radius 3 is 2.64 bits per heavy atom. The molecule has 1 rings (SSSR count). The number of rotatable bonds is 3. The summed E-state index contributed by atoms with van der Waals surface area (Å²) in [4.78, 5) is 13.5. The molecule has 0 atom stereocenters. The lowest BCUT2D eigenvalue weighted by atomic mass is 10.2. The van der Waals surface area contributed by atoms with Gasteiger partial charge in [0.1, 0.15) is 5.69 Å². The predicted octanol–water partition coefficient (Wildman–Crippen LogP) is 1.98. The van der Waals surface area contributed by atoms with Gasteiger partial charge in [0.15, 0.2) is 12.1 Å². The fourth-order valence-corrected chi connectivity index (χ4v) is 0.912. The highest BCUT2D eigenvalue weighted by molar-refractivity contribution is 5.76. The maximum atomic E-state index is 12.9. The van der Waals surface area contributed by atoms with Crippen molar-refractivity contribution < 1.29 is 22.7 Å². The van der Waals surface area contributed by atoms with Gasteiger partial charge in [-0.1, -0.05) is 0 Å². The molecule has 76 valence electrons. The lowest BCUT2D eigenvalue weighted by molar-refractivity contribution is 0.110. The average Bonchev–Trinajstić information content (AvgIpc) is 2.16. The first-order valence-electron chi connectivity index (χ1n) is 3.58. The summed E-state index contributed by atoms with van der Waals surface area (Å²) in [5.41, 5.74) is -1.25. The Morgan fingerprint density at radius 2 is 2.21 bits per heavy atom. The highest BCUT2D eigenvalue weighted by Gasteiger charge is 2.18. The lowest BCUT2D eigenvalue weighted by Gasteiger charge is -2.06. The fraction of sp³-hybridized carbons (Fsp3) is 0.250. The molecule has 0 unspecified atom stereocenters. The van der Waals surface area contributed by atoms with Crippen LogP contribution in [0.1, 0.15) is 22.5 Å². The van der Waals surface area contributed by atoms with Crippen LogP contribution in [0.4, 0.5) is 13.2 Å². The smallest absolute Gasteiger partial charge is 0.281 e. The minimum atomic E-state index is -2.94. The van der Waals surface area contributed by atoms with E-state index in [-0.39, 0.29) is 6.29 Å². The Balaban J connectivity index is 3.32. The van der Waals surface area contributed by atoms with Gasteiger partial charge >= 0.3 is 0 Å². The van der Waals surface area contributed by atoms with Gasteiger partial charge in [-0.05, 0) is 6.07 Å². The van der Waals surface area contributed by atoms with Crippen molar-refractivity contribution >= 4 is 6.29 Å². The summed E-state index contributed by atoms with van der Waals surface area (Å²) in [6, 6.07) is 0.667. The molecule has 6 heteroatoms. The molecule has 0 fully saturated rings. The summed E-state index contributed by atoms with van der Waals surface area (Å²) in [7, 11) is 1.10. The third-order valence-electron chi connectivity index (χ3n) is 1.53. The van der Waals surface area contributed by atoms with Gasteiger partial charge in [-0.2, -0.15) is 0 Å². The normalized spacial score (nSPS) is 10.4. The van der Waals surface area contributed by atoms with Gasteiger partial charge in [0.2, 0.25) is 0 Å². The summed E-state index contributed by atoms with van der Waals surface area (Å²) in [5.74, 6) is -1.50. The number of aromatic nitrogens is 1. The first-order valence-corrected chi connectivity index (χ1v) is 3.58. The molecule has 0 N–H and O–H groups in total. The molecule has 0 saturated carbocycles. The molecule has 0 bridgehead atoms. The molecule has 0 aromatic carbocycles. The molecular weight excluding hydrogens is 199 g/mol. The summed E-state index contributed by atoms with van der Waals surface area (Å²) >= 11 is 0. The van der Waals surface area contributed by atoms with E-state index in [1.165, 1.54) is 0 Å². The summed E-state index contributed by atoms with van der Waals surface area (Å²) in [6.07, 6.45) is -2.82. The molecule has 1 aromatic rings. The van der Waals surface area contributed by atoms with Crippen molar-refractivity contribution in [2.24, 2.45) is 0 Å². The number of carbonyl (C=O) groups excluding carboxylic acids is 1. The van der Waals surface area contributed by atoms with Crippen molar-refractivity contribution in [1.82, 2.24) is 4.98 Å². The molecular formula is C8H6F3NO2. The lowest BCUT2D eigenvalue weighted by Crippen LogP contribution is -2.02. The number of ether oxygens (including phenoxy) is 1. The molecule has 0 aliphatic carbocycles. The number of aldehydes is 1. The maximum absolute atomic E-state index is 12.9. The van der Waals surface area contributed by atoms with Crippen LogP contribution in [0.15, 0.2) is 6.07 Å². The van der Waals surface area contributed by atoms with Crippen LogP contribution < -0.4 is 4.74 Å². The van der Waals surface area contributed by atoms with Crippen molar-refractivity contribution in [2.45, 2.75) is 6.43 Å². The molecule has 0 saturated heterocycles. The molecule has 3 nitrogen and oxygen atoms in total. The van der Waals surface area contributed by atoms with Gasteiger partial charge in [-0.15, -0.1) is 0 Å². The van der Waals surface area contributed by atoms with E-state index in [1.807, 2.05) is 0 Å². The number of pyridine rings is 1. The zero-order valence-corrected chi connectivity index (χ0v) is 7.13. The molecule has 0 amide bonds. The predicted molar refractivity (Wildman–Crippen MR) is 41.1 cm³/mol. The quantitative estimate of drug-likeness (QED) is 0.708. The topological polar surface area (TPSA) is 39.2 Å². The molecule has 0 aliphatic rings. The Morgan fingerprint density at radius 1 is 1.57 bits per heavy atom. The molecule has 1 heterocycles. The number of carbonyl (C=O) groups is 1. The van der Waals surface area contributed by atoms with Gasteiger partial charge in [-0.25, -0.2) is 18.2 Å². The molecule has 0 spiro atoms. The zero-order chi connectivity index (χ0) is 10.7. The maximum Gasteiger partial charge on any atom is 0.281 e. The van der Waals surface area contributed by atoms with Crippen molar-refractivity contribution in [3.05, 3.63) is 23.1 Å². The van der Waals surface area contributed by atoms with Crippen molar-refractivity contribution in [3.8, 4) is 5.88 Å². The Hall–Kier alpha value is -1.59. The van der Waals surface area contributed by atoms with E-state index in [0.717, 1.165) is 7.11 Å². The minimum Gasteiger partial charge on any atom is -0.479 e. The number of hydrogen-bond donors (Lipinski definition) is 0. The Labute approximate surface area is 77.5 Å². The highest BCUT2D eigenvalue weighted by Crippen LogP contribution is 2.24. The van der Waals surface area contributed by atoms with Gasteiger partial charge in [0.25, 0.3) is 12.3 Å². The largest absolute Gasteiger partial charge is 0.479 e. The van der Waals surface area contributed by atoms with E-state index in [1.54, 1.807) is 0 Å². The standard InChI is InChI=1S/C8H6F3NO2/c1-14-8-5(9)2-4(3-13)6(12-8)7(10)11/h2-3,7H,1H3. The zero-order valence-electron chi connectivity index (χ0n) is 7.13. The van der Waals surface area contributed by atoms with E-state index in [9.17, 15) is 18.0 Å². The van der Waals surface area contributed by atoms with E-state index in [2.05, 4.69) is 9.72 Å². The van der Waals surface area contributed by atoms with Crippen LogP contribution in [0.3, 0.4) is 0 Å².